The van der Waals surface area contributed by atoms with E-state index in [9.17, 15) is 0 Å². The number of benzene rings is 1. The molecule has 0 saturated carbocycles. The predicted octanol–water partition coefficient (Wildman–Crippen LogP) is 4.26. The Labute approximate surface area is 106 Å². The van der Waals surface area contributed by atoms with Crippen molar-refractivity contribution in [3.63, 3.8) is 0 Å². The van der Waals surface area contributed by atoms with Crippen molar-refractivity contribution in [1.82, 2.24) is 0 Å². The highest BCUT2D eigenvalue weighted by molar-refractivity contribution is 7.99. The first-order valence-electron chi connectivity index (χ1n) is 6.14. The van der Waals surface area contributed by atoms with Gasteiger partial charge in [0.1, 0.15) is 0 Å². The zero-order valence-corrected chi connectivity index (χ0v) is 13.0. The molecule has 0 aliphatic rings. The first-order chi connectivity index (χ1) is 7.43. The number of hydrogen-bond donors (Lipinski definition) is 0. The Hall–Kier alpha value is -0.213. The maximum Gasteiger partial charge on any atom is 0.0775 e. The molecule has 0 aliphatic heterocycles. The highest BCUT2D eigenvalue weighted by Crippen LogP contribution is 2.19. The van der Waals surface area contributed by atoms with E-state index >= 15 is 0 Å². The zero-order valence-electron chi connectivity index (χ0n) is 11.2. The van der Waals surface area contributed by atoms with E-state index in [4.69, 9.17) is 0 Å². The first-order valence-corrected chi connectivity index (χ1v) is 10.7. The number of thioether (sulfide) groups is 1. The van der Waals surface area contributed by atoms with E-state index in [2.05, 4.69) is 69.5 Å². The largest absolute Gasteiger partial charge is 0.154 e. The molecular formula is C14H24SSi. The number of rotatable bonds is 5. The monoisotopic (exact) mass is 252 g/mol. The predicted molar refractivity (Wildman–Crippen MR) is 80.5 cm³/mol. The van der Waals surface area contributed by atoms with Gasteiger partial charge in [-0.1, -0.05) is 62.9 Å². The van der Waals surface area contributed by atoms with Crippen LogP contribution >= 0.6 is 11.8 Å². The number of hydrogen-bond acceptors (Lipinski definition) is 1. The summed E-state index contributed by atoms with van der Waals surface area (Å²) < 4.78 is 0. The van der Waals surface area contributed by atoms with Gasteiger partial charge in [-0.2, -0.15) is 11.8 Å². The molecule has 0 nitrogen and oxygen atoms in total. The summed E-state index contributed by atoms with van der Waals surface area (Å²) in [7, 11) is -1.11. The lowest BCUT2D eigenvalue weighted by Gasteiger charge is -2.17. The topological polar surface area (TPSA) is 0 Å². The molecule has 0 N–H and O–H groups in total. The normalized spacial score (nSPS) is 13.8. The molecule has 1 aromatic rings. The lowest BCUT2D eigenvalue weighted by molar-refractivity contribution is 0.905. The lowest BCUT2D eigenvalue weighted by Crippen LogP contribution is -2.37. The van der Waals surface area contributed by atoms with Gasteiger partial charge in [0.25, 0.3) is 0 Å². The molecule has 0 radical (unpaired) electrons. The minimum absolute atomic E-state index is 0.775. The highest BCUT2D eigenvalue weighted by Gasteiger charge is 2.15. The summed E-state index contributed by atoms with van der Waals surface area (Å²) in [6, 6.07) is 9.28. The van der Waals surface area contributed by atoms with Gasteiger partial charge in [0, 0.05) is 11.0 Å². The van der Waals surface area contributed by atoms with E-state index in [1.54, 1.807) is 5.19 Å². The van der Waals surface area contributed by atoms with Crippen molar-refractivity contribution in [3.05, 3.63) is 29.8 Å². The Kier molecular flexibility index (Phi) is 5.13. The van der Waals surface area contributed by atoms with Crippen LogP contribution < -0.4 is 5.19 Å². The van der Waals surface area contributed by atoms with Crippen LogP contribution in [0.2, 0.25) is 19.6 Å². The van der Waals surface area contributed by atoms with Gasteiger partial charge in [-0.15, -0.1) is 0 Å². The molecule has 1 aromatic carbocycles. The molecule has 0 bridgehead atoms. The van der Waals surface area contributed by atoms with Gasteiger partial charge in [0.2, 0.25) is 0 Å². The van der Waals surface area contributed by atoms with Gasteiger partial charge in [-0.25, -0.2) is 0 Å². The standard InChI is InChI=1S/C14H24SSi/c1-6-12(2)15-11-13-7-9-14(10-8-13)16(3,4)5/h7-10,12H,6,11H2,1-5H3. The fraction of sp³-hybridized carbons (Fsp3) is 0.571. The quantitative estimate of drug-likeness (QED) is 0.706. The summed E-state index contributed by atoms with van der Waals surface area (Å²) in [4.78, 5) is 0. The Bertz CT molecular complexity index is 311. The molecule has 0 amide bonds. The van der Waals surface area contributed by atoms with Crippen molar-refractivity contribution in [3.8, 4) is 0 Å². The SMILES string of the molecule is CCC(C)SCc1ccc([Si](C)(C)C)cc1. The maximum absolute atomic E-state index is 2.40. The van der Waals surface area contributed by atoms with Crippen molar-refractivity contribution >= 4 is 25.0 Å². The third-order valence-electron chi connectivity index (χ3n) is 2.93. The summed E-state index contributed by atoms with van der Waals surface area (Å²) in [5, 5.41) is 2.33. The summed E-state index contributed by atoms with van der Waals surface area (Å²) in [6.07, 6.45) is 1.26. The fourth-order valence-electron chi connectivity index (χ4n) is 1.46. The smallest absolute Gasteiger partial charge is 0.0775 e. The maximum atomic E-state index is 2.40. The summed E-state index contributed by atoms with van der Waals surface area (Å²) in [5.74, 6) is 1.15. The molecule has 0 fully saturated rings. The van der Waals surface area contributed by atoms with E-state index in [1.165, 1.54) is 12.0 Å². The van der Waals surface area contributed by atoms with Gasteiger partial charge in [-0.05, 0) is 12.0 Å². The van der Waals surface area contributed by atoms with Gasteiger partial charge < -0.3 is 0 Å². The van der Waals surface area contributed by atoms with Crippen molar-refractivity contribution in [1.29, 1.82) is 0 Å². The van der Waals surface area contributed by atoms with Gasteiger partial charge in [-0.3, -0.25) is 0 Å². The van der Waals surface area contributed by atoms with Crippen LogP contribution in [0.4, 0.5) is 0 Å². The molecule has 0 heterocycles. The van der Waals surface area contributed by atoms with Crippen LogP contribution in [0.25, 0.3) is 0 Å². The Balaban J connectivity index is 2.58. The second-order valence-corrected chi connectivity index (χ2v) is 12.0. The lowest BCUT2D eigenvalue weighted by atomic mass is 10.2. The Morgan fingerprint density at radius 1 is 1.12 bits per heavy atom. The minimum Gasteiger partial charge on any atom is -0.154 e. The second kappa shape index (κ2) is 5.92. The van der Waals surface area contributed by atoms with Crippen LogP contribution in [0.5, 0.6) is 0 Å². The Morgan fingerprint density at radius 3 is 2.12 bits per heavy atom. The Morgan fingerprint density at radius 2 is 1.69 bits per heavy atom. The van der Waals surface area contributed by atoms with Crippen LogP contribution in [0, 0.1) is 0 Å². The average Bonchev–Trinajstić information content (AvgIpc) is 2.25. The van der Waals surface area contributed by atoms with E-state index in [1.807, 2.05) is 0 Å². The molecule has 0 aliphatic carbocycles. The molecule has 16 heavy (non-hydrogen) atoms. The van der Waals surface area contributed by atoms with Gasteiger partial charge in [0.15, 0.2) is 0 Å². The van der Waals surface area contributed by atoms with Crippen molar-refractivity contribution in [2.75, 3.05) is 0 Å². The van der Waals surface area contributed by atoms with Gasteiger partial charge in [0.05, 0.1) is 8.07 Å². The zero-order chi connectivity index (χ0) is 12.2. The van der Waals surface area contributed by atoms with E-state index in [0.29, 0.717) is 0 Å². The minimum atomic E-state index is -1.11. The third kappa shape index (κ3) is 4.34. The second-order valence-electron chi connectivity index (χ2n) is 5.48. The molecule has 1 rings (SSSR count). The van der Waals surface area contributed by atoms with E-state index in [0.717, 1.165) is 11.0 Å². The molecule has 0 spiro atoms. The molecule has 90 valence electrons. The van der Waals surface area contributed by atoms with Crippen LogP contribution in [0.1, 0.15) is 25.8 Å². The highest BCUT2D eigenvalue weighted by atomic mass is 32.2. The van der Waals surface area contributed by atoms with Crippen LogP contribution in [-0.4, -0.2) is 13.3 Å². The van der Waals surface area contributed by atoms with Crippen LogP contribution in [0.3, 0.4) is 0 Å². The molecule has 0 aromatic heterocycles. The molecule has 2 heteroatoms. The summed E-state index contributed by atoms with van der Waals surface area (Å²) in [5.41, 5.74) is 1.47. The molecule has 1 atom stereocenters. The molecule has 0 saturated heterocycles. The first kappa shape index (κ1) is 13.9. The summed E-state index contributed by atoms with van der Waals surface area (Å²) >= 11 is 2.05. The molecular weight excluding hydrogens is 228 g/mol. The average molecular weight is 252 g/mol. The van der Waals surface area contributed by atoms with E-state index in [-0.39, 0.29) is 0 Å². The van der Waals surface area contributed by atoms with Crippen LogP contribution in [-0.2, 0) is 5.75 Å². The third-order valence-corrected chi connectivity index (χ3v) is 6.40. The summed E-state index contributed by atoms with van der Waals surface area (Å²) in [6.45, 7) is 11.8. The van der Waals surface area contributed by atoms with Crippen molar-refractivity contribution in [2.45, 2.75) is 50.9 Å². The molecule has 1 unspecified atom stereocenters. The van der Waals surface area contributed by atoms with Crippen molar-refractivity contribution in [2.24, 2.45) is 0 Å². The van der Waals surface area contributed by atoms with Gasteiger partial charge >= 0.3 is 0 Å². The van der Waals surface area contributed by atoms with Crippen molar-refractivity contribution < 1.29 is 0 Å². The van der Waals surface area contributed by atoms with E-state index < -0.39 is 8.07 Å². The fourth-order valence-corrected chi connectivity index (χ4v) is 3.53. The van der Waals surface area contributed by atoms with Crippen LogP contribution in [0.15, 0.2) is 24.3 Å².